The third-order valence-electron chi connectivity index (χ3n) is 5.63. The van der Waals surface area contributed by atoms with Crippen molar-refractivity contribution in [1.82, 2.24) is 4.98 Å². The molecule has 1 unspecified atom stereocenters. The van der Waals surface area contributed by atoms with Gasteiger partial charge in [-0.1, -0.05) is 49.0 Å². The van der Waals surface area contributed by atoms with E-state index in [0.717, 1.165) is 17.3 Å². The van der Waals surface area contributed by atoms with Crippen molar-refractivity contribution in [3.05, 3.63) is 52.6 Å². The maximum Gasteiger partial charge on any atom is 0.235 e. The molecule has 1 amide bonds. The summed E-state index contributed by atoms with van der Waals surface area (Å²) in [4.78, 5) is 19.1. The number of anilines is 1. The van der Waals surface area contributed by atoms with Crippen molar-refractivity contribution in [1.29, 1.82) is 15.9 Å². The van der Waals surface area contributed by atoms with E-state index in [1.54, 1.807) is 0 Å². The van der Waals surface area contributed by atoms with Crippen LogP contribution in [0.5, 0.6) is 0 Å². The number of hydrogen-bond acceptors (Lipinski definition) is 8. The van der Waals surface area contributed by atoms with Gasteiger partial charge in [0, 0.05) is 13.1 Å². The molecule has 0 radical (unpaired) electrons. The van der Waals surface area contributed by atoms with E-state index in [1.807, 2.05) is 42.2 Å². The zero-order valence-corrected chi connectivity index (χ0v) is 19.8. The number of amidine groups is 1. The van der Waals surface area contributed by atoms with E-state index in [2.05, 4.69) is 12.1 Å². The zero-order valence-electron chi connectivity index (χ0n) is 19.0. The van der Waals surface area contributed by atoms with Crippen LogP contribution in [0.15, 0.2) is 35.4 Å². The molecule has 1 fully saturated rings. The van der Waals surface area contributed by atoms with Gasteiger partial charge in [0.1, 0.15) is 40.7 Å². The number of pyridine rings is 1. The number of piperidine rings is 1. The van der Waals surface area contributed by atoms with Gasteiger partial charge in [-0.25, -0.2) is 4.98 Å². The average Bonchev–Trinajstić information content (AvgIpc) is 2.85. The lowest BCUT2D eigenvalue weighted by Crippen LogP contribution is -2.39. The van der Waals surface area contributed by atoms with E-state index in [0.29, 0.717) is 59.9 Å². The second-order valence-electron chi connectivity index (χ2n) is 7.88. The number of benzene rings is 1. The van der Waals surface area contributed by atoms with Gasteiger partial charge in [-0.05, 0) is 30.4 Å². The number of thioether (sulfide) groups is 1. The topological polar surface area (TPSA) is 166 Å². The standard InChI is InChI=1S/C24H27N7O2S/c1-2-17-18(12-25)23(31-10-8-16(9-11-31)33-14-20(27)28)30-24(19(17)13-26)34-21(22(29)32)15-6-4-3-5-7-15/h3-7,16,21H,2,8-11,14H2,1H3,(H3,27,28)(H2,29,32). The lowest BCUT2D eigenvalue weighted by atomic mass is 10.0. The van der Waals surface area contributed by atoms with Crippen molar-refractivity contribution < 1.29 is 9.53 Å². The molecule has 0 saturated carbocycles. The third-order valence-corrected chi connectivity index (χ3v) is 6.89. The minimum Gasteiger partial charge on any atom is -0.386 e. The lowest BCUT2D eigenvalue weighted by Gasteiger charge is -2.34. The van der Waals surface area contributed by atoms with Gasteiger partial charge in [-0.2, -0.15) is 10.5 Å². The highest BCUT2D eigenvalue weighted by Crippen LogP contribution is 2.40. The maximum atomic E-state index is 12.3. The Labute approximate surface area is 203 Å². The smallest absolute Gasteiger partial charge is 0.235 e. The molecular formula is C24H27N7O2S. The van der Waals surface area contributed by atoms with Gasteiger partial charge in [-0.3, -0.25) is 10.2 Å². The number of hydrogen-bond donors (Lipinski definition) is 3. The van der Waals surface area contributed by atoms with E-state index in [9.17, 15) is 15.3 Å². The second kappa shape index (κ2) is 11.5. The van der Waals surface area contributed by atoms with E-state index < -0.39 is 11.2 Å². The highest BCUT2D eigenvalue weighted by molar-refractivity contribution is 8.00. The molecule has 5 N–H and O–H groups in total. The summed E-state index contributed by atoms with van der Waals surface area (Å²) in [5.74, 6) is -0.0453. The van der Waals surface area contributed by atoms with Crippen LogP contribution in [-0.4, -0.2) is 42.5 Å². The van der Waals surface area contributed by atoms with Crippen LogP contribution in [-0.2, 0) is 16.0 Å². The number of ether oxygens (including phenoxy) is 1. The number of aromatic nitrogens is 1. The Morgan fingerprint density at radius 2 is 1.88 bits per heavy atom. The van der Waals surface area contributed by atoms with Gasteiger partial charge in [0.15, 0.2) is 0 Å². The first-order chi connectivity index (χ1) is 16.4. The van der Waals surface area contributed by atoms with Crippen molar-refractivity contribution in [2.45, 2.75) is 42.6 Å². The van der Waals surface area contributed by atoms with E-state index in [-0.39, 0.29) is 18.5 Å². The van der Waals surface area contributed by atoms with Crippen molar-refractivity contribution >= 4 is 29.3 Å². The maximum absolute atomic E-state index is 12.3. The van der Waals surface area contributed by atoms with Crippen LogP contribution in [0, 0.1) is 28.1 Å². The number of primary amides is 1. The van der Waals surface area contributed by atoms with Crippen LogP contribution in [0.25, 0.3) is 0 Å². The molecule has 1 aromatic carbocycles. The molecule has 9 nitrogen and oxygen atoms in total. The van der Waals surface area contributed by atoms with Gasteiger partial charge in [0.2, 0.25) is 5.91 Å². The molecule has 1 saturated heterocycles. The molecule has 0 spiro atoms. The molecule has 1 aliphatic heterocycles. The number of nitriles is 2. The first-order valence-electron chi connectivity index (χ1n) is 11.0. The predicted octanol–water partition coefficient (Wildman–Crippen LogP) is 2.63. The first kappa shape index (κ1) is 25.0. The summed E-state index contributed by atoms with van der Waals surface area (Å²) in [5, 5.41) is 26.9. The minimum absolute atomic E-state index is 0.0142. The summed E-state index contributed by atoms with van der Waals surface area (Å²) in [6.07, 6.45) is 1.83. The van der Waals surface area contributed by atoms with Crippen LogP contribution in [0.2, 0.25) is 0 Å². The minimum atomic E-state index is -0.725. The molecule has 0 bridgehead atoms. The Balaban J connectivity index is 1.98. The number of nitrogens with one attached hydrogen (secondary N) is 1. The molecule has 2 aromatic rings. The summed E-state index contributed by atoms with van der Waals surface area (Å²) in [6, 6.07) is 13.6. The van der Waals surface area contributed by atoms with Gasteiger partial charge in [0.05, 0.1) is 17.2 Å². The number of carbonyl (C=O) groups is 1. The van der Waals surface area contributed by atoms with Crippen LogP contribution in [0.1, 0.15) is 47.3 Å². The van der Waals surface area contributed by atoms with Gasteiger partial charge in [0.25, 0.3) is 0 Å². The highest BCUT2D eigenvalue weighted by atomic mass is 32.2. The van der Waals surface area contributed by atoms with Crippen molar-refractivity contribution in [2.75, 3.05) is 24.6 Å². The summed E-state index contributed by atoms with van der Waals surface area (Å²) >= 11 is 1.13. The van der Waals surface area contributed by atoms with Gasteiger partial charge in [-0.15, -0.1) is 0 Å². The molecule has 3 rings (SSSR count). The number of carbonyl (C=O) groups excluding carboxylic acids is 1. The Morgan fingerprint density at radius 1 is 1.24 bits per heavy atom. The van der Waals surface area contributed by atoms with Crippen LogP contribution in [0.3, 0.4) is 0 Å². The molecule has 1 aromatic heterocycles. The first-order valence-corrected chi connectivity index (χ1v) is 11.8. The van der Waals surface area contributed by atoms with Crippen LogP contribution >= 0.6 is 11.8 Å². The number of amides is 1. The molecule has 2 heterocycles. The molecule has 1 aliphatic rings. The molecule has 34 heavy (non-hydrogen) atoms. The molecule has 0 aliphatic carbocycles. The molecule has 10 heteroatoms. The Kier molecular flexibility index (Phi) is 8.47. The van der Waals surface area contributed by atoms with Gasteiger partial charge >= 0.3 is 0 Å². The average molecular weight is 478 g/mol. The Bertz CT molecular complexity index is 1130. The zero-order chi connectivity index (χ0) is 24.7. The van der Waals surface area contributed by atoms with E-state index >= 15 is 0 Å². The van der Waals surface area contributed by atoms with Crippen molar-refractivity contribution in [2.24, 2.45) is 11.5 Å². The largest absolute Gasteiger partial charge is 0.386 e. The fourth-order valence-corrected chi connectivity index (χ4v) is 5.03. The summed E-state index contributed by atoms with van der Waals surface area (Å²) < 4.78 is 5.66. The monoisotopic (exact) mass is 477 g/mol. The lowest BCUT2D eigenvalue weighted by molar-refractivity contribution is -0.117. The Hall–Kier alpha value is -3.60. The predicted molar refractivity (Wildman–Crippen MR) is 130 cm³/mol. The molecular weight excluding hydrogens is 450 g/mol. The highest BCUT2D eigenvalue weighted by Gasteiger charge is 2.29. The summed E-state index contributed by atoms with van der Waals surface area (Å²) in [6.45, 7) is 3.18. The molecule has 1 atom stereocenters. The third kappa shape index (κ3) is 5.66. The van der Waals surface area contributed by atoms with E-state index in [1.165, 1.54) is 0 Å². The molecule has 176 valence electrons. The van der Waals surface area contributed by atoms with E-state index in [4.69, 9.17) is 26.6 Å². The fourth-order valence-electron chi connectivity index (χ4n) is 3.97. The van der Waals surface area contributed by atoms with Crippen LogP contribution in [0.4, 0.5) is 5.82 Å². The fraction of sp³-hybridized carbons (Fsp3) is 0.375. The number of nitrogens with zero attached hydrogens (tertiary/aromatic N) is 4. The normalized spacial score (nSPS) is 14.7. The SMILES string of the molecule is CCc1c(C#N)c(SC(C(N)=O)c2ccccc2)nc(N2CCC(OCC(=N)N)CC2)c1C#N. The van der Waals surface area contributed by atoms with Crippen molar-refractivity contribution in [3.63, 3.8) is 0 Å². The summed E-state index contributed by atoms with van der Waals surface area (Å²) in [7, 11) is 0. The van der Waals surface area contributed by atoms with Gasteiger partial charge < -0.3 is 21.1 Å². The van der Waals surface area contributed by atoms with Crippen LogP contribution < -0.4 is 16.4 Å². The summed E-state index contributed by atoms with van der Waals surface area (Å²) in [5.41, 5.74) is 13.1. The quantitative estimate of drug-likeness (QED) is 0.281. The number of rotatable bonds is 9. The number of nitrogens with two attached hydrogens (primary N) is 2. The second-order valence-corrected chi connectivity index (χ2v) is 8.97. The Morgan fingerprint density at radius 3 is 2.41 bits per heavy atom. The van der Waals surface area contributed by atoms with Crippen molar-refractivity contribution in [3.8, 4) is 12.1 Å².